The molecule has 1 aromatic heterocycles. The second kappa shape index (κ2) is 8.44. The third kappa shape index (κ3) is 3.94. The number of ether oxygens (including phenoxy) is 2. The molecule has 8 heteroatoms. The molecule has 2 aromatic carbocycles. The van der Waals surface area contributed by atoms with Crippen LogP contribution in [0.2, 0.25) is 0 Å². The number of hydrogen-bond donors (Lipinski definition) is 1. The van der Waals surface area contributed by atoms with E-state index in [4.69, 9.17) is 9.47 Å². The van der Waals surface area contributed by atoms with E-state index in [9.17, 15) is 9.18 Å². The Morgan fingerprint density at radius 3 is 2.33 bits per heavy atom. The van der Waals surface area contributed by atoms with Gasteiger partial charge >= 0.3 is 0 Å². The van der Waals surface area contributed by atoms with E-state index in [2.05, 4.69) is 15.1 Å². The molecule has 1 N–H and O–H groups in total. The smallest absolute Gasteiger partial charge is 0.254 e. The molecule has 7 nitrogen and oxygen atoms in total. The summed E-state index contributed by atoms with van der Waals surface area (Å²) in [5.74, 6) is 1.63. The molecule has 1 amide bonds. The molecule has 1 aliphatic heterocycles. The fourth-order valence-electron chi connectivity index (χ4n) is 3.54. The second-order valence-electron chi connectivity index (χ2n) is 7.00. The van der Waals surface area contributed by atoms with Crippen LogP contribution in [0, 0.1) is 5.82 Å². The molecule has 0 radical (unpaired) electrons. The van der Waals surface area contributed by atoms with E-state index in [0.29, 0.717) is 43.2 Å². The quantitative estimate of drug-likeness (QED) is 0.700. The van der Waals surface area contributed by atoms with E-state index in [1.165, 1.54) is 12.1 Å². The van der Waals surface area contributed by atoms with Crippen LogP contribution in [0.3, 0.4) is 0 Å². The number of carbonyl (C=O) groups excluding carboxylic acids is 1. The van der Waals surface area contributed by atoms with Crippen LogP contribution >= 0.6 is 0 Å². The lowest BCUT2D eigenvalue weighted by atomic mass is 10.1. The van der Waals surface area contributed by atoms with Crippen LogP contribution in [-0.4, -0.2) is 61.4 Å². The Bertz CT molecular complexity index is 1030. The first kappa shape index (κ1) is 19.8. The van der Waals surface area contributed by atoms with Crippen molar-refractivity contribution in [1.29, 1.82) is 0 Å². The largest absolute Gasteiger partial charge is 0.493 e. The standard InChI is InChI=1S/C22H23FN4O3/c1-29-19-8-5-16(13-20(19)30-2)22(28)27-11-9-26(10-12-27)21-14-18(24-25-21)15-3-6-17(23)7-4-15/h3-8,13-14H,9-12H2,1-2H3,(H,24,25). The first-order valence-electron chi connectivity index (χ1n) is 9.66. The van der Waals surface area contributed by atoms with Gasteiger partial charge in [-0.25, -0.2) is 4.39 Å². The molecule has 0 unspecified atom stereocenters. The van der Waals surface area contributed by atoms with Gasteiger partial charge in [0.2, 0.25) is 0 Å². The second-order valence-corrected chi connectivity index (χ2v) is 7.00. The summed E-state index contributed by atoms with van der Waals surface area (Å²) in [5.41, 5.74) is 2.27. The molecule has 0 atom stereocenters. The molecular formula is C22H23FN4O3. The van der Waals surface area contributed by atoms with Crippen LogP contribution < -0.4 is 14.4 Å². The Morgan fingerprint density at radius 2 is 1.67 bits per heavy atom. The van der Waals surface area contributed by atoms with E-state index in [1.807, 2.05) is 11.0 Å². The zero-order valence-corrected chi connectivity index (χ0v) is 16.9. The van der Waals surface area contributed by atoms with Gasteiger partial charge in [0.05, 0.1) is 19.9 Å². The lowest BCUT2D eigenvalue weighted by Gasteiger charge is -2.34. The van der Waals surface area contributed by atoms with Crippen molar-refractivity contribution in [3.63, 3.8) is 0 Å². The minimum Gasteiger partial charge on any atom is -0.493 e. The molecule has 1 saturated heterocycles. The summed E-state index contributed by atoms with van der Waals surface area (Å²) in [7, 11) is 3.12. The number of nitrogens with one attached hydrogen (secondary N) is 1. The van der Waals surface area contributed by atoms with Gasteiger partial charge in [-0.05, 0) is 48.0 Å². The van der Waals surface area contributed by atoms with Gasteiger partial charge < -0.3 is 19.3 Å². The van der Waals surface area contributed by atoms with Crippen molar-refractivity contribution in [2.75, 3.05) is 45.3 Å². The number of anilines is 1. The first-order chi connectivity index (χ1) is 14.6. The van der Waals surface area contributed by atoms with Crippen LogP contribution in [0.5, 0.6) is 11.5 Å². The van der Waals surface area contributed by atoms with Gasteiger partial charge in [-0.2, -0.15) is 5.10 Å². The van der Waals surface area contributed by atoms with Gasteiger partial charge in [-0.1, -0.05) is 0 Å². The molecule has 2 heterocycles. The number of aromatic amines is 1. The third-order valence-electron chi connectivity index (χ3n) is 5.24. The minimum absolute atomic E-state index is 0.0374. The third-order valence-corrected chi connectivity index (χ3v) is 5.24. The van der Waals surface area contributed by atoms with Crippen molar-refractivity contribution in [2.24, 2.45) is 0 Å². The number of methoxy groups -OCH3 is 2. The van der Waals surface area contributed by atoms with E-state index in [1.54, 1.807) is 44.6 Å². The van der Waals surface area contributed by atoms with Crippen LogP contribution in [0.1, 0.15) is 10.4 Å². The van der Waals surface area contributed by atoms with Gasteiger partial charge in [0.1, 0.15) is 5.82 Å². The zero-order chi connectivity index (χ0) is 21.1. The first-order valence-corrected chi connectivity index (χ1v) is 9.66. The van der Waals surface area contributed by atoms with Crippen LogP contribution in [-0.2, 0) is 0 Å². The number of H-pyrrole nitrogens is 1. The van der Waals surface area contributed by atoms with Gasteiger partial charge in [0.15, 0.2) is 17.3 Å². The Labute approximate surface area is 174 Å². The Hall–Kier alpha value is -3.55. The summed E-state index contributed by atoms with van der Waals surface area (Å²) in [4.78, 5) is 16.8. The number of hydrogen-bond acceptors (Lipinski definition) is 5. The van der Waals surface area contributed by atoms with E-state index in [-0.39, 0.29) is 11.7 Å². The predicted octanol–water partition coefficient (Wildman–Crippen LogP) is 3.20. The number of benzene rings is 2. The highest BCUT2D eigenvalue weighted by molar-refractivity contribution is 5.95. The van der Waals surface area contributed by atoms with E-state index in [0.717, 1.165) is 17.1 Å². The summed E-state index contributed by atoms with van der Waals surface area (Å²) in [5, 5.41) is 7.38. The molecular weight excluding hydrogens is 387 g/mol. The number of nitrogens with zero attached hydrogens (tertiary/aromatic N) is 3. The molecule has 4 rings (SSSR count). The van der Waals surface area contributed by atoms with Crippen LogP contribution in [0.25, 0.3) is 11.3 Å². The fourth-order valence-corrected chi connectivity index (χ4v) is 3.54. The SMILES string of the molecule is COc1ccc(C(=O)N2CCN(c3cc(-c4ccc(F)cc4)[nH]n3)CC2)cc1OC. The average Bonchev–Trinajstić information content (AvgIpc) is 3.29. The van der Waals surface area contributed by atoms with Crippen molar-refractivity contribution in [3.05, 3.63) is 59.9 Å². The number of carbonyl (C=O) groups is 1. The molecule has 156 valence electrons. The summed E-state index contributed by atoms with van der Waals surface area (Å²) >= 11 is 0. The lowest BCUT2D eigenvalue weighted by Crippen LogP contribution is -2.48. The van der Waals surface area contributed by atoms with Crippen molar-refractivity contribution in [2.45, 2.75) is 0 Å². The number of rotatable bonds is 5. The van der Waals surface area contributed by atoms with Crippen LogP contribution in [0.4, 0.5) is 10.2 Å². The monoisotopic (exact) mass is 410 g/mol. The molecule has 0 saturated carbocycles. The van der Waals surface area contributed by atoms with Gasteiger partial charge in [0, 0.05) is 37.8 Å². The number of piperazine rings is 1. The summed E-state index contributed by atoms with van der Waals surface area (Å²) in [6.07, 6.45) is 0. The molecule has 0 aliphatic carbocycles. The number of halogens is 1. The average molecular weight is 410 g/mol. The van der Waals surface area contributed by atoms with Crippen LogP contribution in [0.15, 0.2) is 48.5 Å². The highest BCUT2D eigenvalue weighted by Gasteiger charge is 2.24. The van der Waals surface area contributed by atoms with Gasteiger partial charge in [-0.15, -0.1) is 0 Å². The van der Waals surface area contributed by atoms with Crippen molar-refractivity contribution >= 4 is 11.7 Å². The van der Waals surface area contributed by atoms with Crippen molar-refractivity contribution in [3.8, 4) is 22.8 Å². The van der Waals surface area contributed by atoms with Crippen molar-refractivity contribution in [1.82, 2.24) is 15.1 Å². The maximum absolute atomic E-state index is 13.1. The highest BCUT2D eigenvalue weighted by atomic mass is 19.1. The molecule has 3 aromatic rings. The maximum atomic E-state index is 13.1. The summed E-state index contributed by atoms with van der Waals surface area (Å²) in [6, 6.07) is 13.4. The molecule has 1 fully saturated rings. The molecule has 1 aliphatic rings. The summed E-state index contributed by atoms with van der Waals surface area (Å²) < 4.78 is 23.7. The number of amides is 1. The number of aromatic nitrogens is 2. The molecule has 30 heavy (non-hydrogen) atoms. The Morgan fingerprint density at radius 1 is 0.967 bits per heavy atom. The lowest BCUT2D eigenvalue weighted by molar-refractivity contribution is 0.0746. The highest BCUT2D eigenvalue weighted by Crippen LogP contribution is 2.28. The molecule has 0 spiro atoms. The Kier molecular flexibility index (Phi) is 5.56. The predicted molar refractivity (Wildman–Crippen MR) is 112 cm³/mol. The van der Waals surface area contributed by atoms with Gasteiger partial charge in [-0.3, -0.25) is 9.89 Å². The zero-order valence-electron chi connectivity index (χ0n) is 16.9. The van der Waals surface area contributed by atoms with Crippen molar-refractivity contribution < 1.29 is 18.7 Å². The summed E-state index contributed by atoms with van der Waals surface area (Å²) in [6.45, 7) is 2.53. The van der Waals surface area contributed by atoms with E-state index < -0.39 is 0 Å². The molecule has 0 bridgehead atoms. The van der Waals surface area contributed by atoms with E-state index >= 15 is 0 Å². The minimum atomic E-state index is -0.270. The fraction of sp³-hybridized carbons (Fsp3) is 0.273. The topological polar surface area (TPSA) is 70.7 Å². The maximum Gasteiger partial charge on any atom is 0.254 e. The Balaban J connectivity index is 1.40. The van der Waals surface area contributed by atoms with Gasteiger partial charge in [0.25, 0.3) is 5.91 Å². The normalized spacial score (nSPS) is 14.0.